The maximum Gasteiger partial charge on any atom is 0.261 e. The van der Waals surface area contributed by atoms with Gasteiger partial charge >= 0.3 is 0 Å². The third-order valence-corrected chi connectivity index (χ3v) is 5.58. The van der Waals surface area contributed by atoms with Crippen LogP contribution in [0.5, 0.6) is 0 Å². The van der Waals surface area contributed by atoms with Crippen molar-refractivity contribution in [3.8, 4) is 10.4 Å². The summed E-state index contributed by atoms with van der Waals surface area (Å²) in [5.74, 6) is -0.0450. The molecular formula is C19H22N2O3S. The number of aryl methyl sites for hydroxylation is 1. The summed E-state index contributed by atoms with van der Waals surface area (Å²) < 4.78 is 5.02. The summed E-state index contributed by atoms with van der Waals surface area (Å²) in [5.41, 5.74) is 2.21. The highest BCUT2D eigenvalue weighted by Crippen LogP contribution is 2.32. The van der Waals surface area contributed by atoms with Gasteiger partial charge in [-0.3, -0.25) is 9.59 Å². The number of carbonyl (C=O) groups is 2. The van der Waals surface area contributed by atoms with Crippen LogP contribution >= 0.6 is 11.3 Å². The van der Waals surface area contributed by atoms with Crippen LogP contribution in [-0.2, 0) is 9.53 Å². The normalized spacial score (nSPS) is 17.1. The molecule has 0 spiro atoms. The Bertz CT molecular complexity index is 757. The van der Waals surface area contributed by atoms with Crippen molar-refractivity contribution in [3.05, 3.63) is 46.8 Å². The second kappa shape index (κ2) is 7.80. The first-order valence-electron chi connectivity index (χ1n) is 8.32. The van der Waals surface area contributed by atoms with Crippen molar-refractivity contribution in [1.82, 2.24) is 10.2 Å². The van der Waals surface area contributed by atoms with Crippen molar-refractivity contribution in [2.75, 3.05) is 26.8 Å². The van der Waals surface area contributed by atoms with Gasteiger partial charge < -0.3 is 15.0 Å². The van der Waals surface area contributed by atoms with Crippen molar-refractivity contribution in [1.29, 1.82) is 0 Å². The summed E-state index contributed by atoms with van der Waals surface area (Å²) in [6.45, 7) is 3.64. The average molecular weight is 358 g/mol. The van der Waals surface area contributed by atoms with E-state index in [1.807, 2.05) is 43.3 Å². The zero-order chi connectivity index (χ0) is 17.8. The lowest BCUT2D eigenvalue weighted by Gasteiger charge is -2.16. The molecule has 132 valence electrons. The lowest BCUT2D eigenvalue weighted by atomic mass is 10.1. The molecule has 6 heteroatoms. The van der Waals surface area contributed by atoms with E-state index in [0.29, 0.717) is 31.0 Å². The first kappa shape index (κ1) is 17.6. The Hall–Kier alpha value is -2.18. The number of thiophene rings is 1. The van der Waals surface area contributed by atoms with Gasteiger partial charge in [0.25, 0.3) is 5.91 Å². The van der Waals surface area contributed by atoms with Crippen LogP contribution in [0.15, 0.2) is 36.4 Å². The average Bonchev–Trinajstić information content (AvgIpc) is 3.16. The minimum Gasteiger partial charge on any atom is -0.383 e. The molecule has 2 heterocycles. The highest BCUT2D eigenvalue weighted by atomic mass is 32.1. The largest absolute Gasteiger partial charge is 0.383 e. The molecule has 0 radical (unpaired) electrons. The molecule has 1 fully saturated rings. The molecule has 1 saturated heterocycles. The predicted molar refractivity (Wildman–Crippen MR) is 98.8 cm³/mol. The molecular weight excluding hydrogens is 336 g/mol. The van der Waals surface area contributed by atoms with Crippen LogP contribution in [-0.4, -0.2) is 49.6 Å². The predicted octanol–water partition coefficient (Wildman–Crippen LogP) is 2.70. The number of hydrogen-bond donors (Lipinski definition) is 1. The van der Waals surface area contributed by atoms with Gasteiger partial charge in [-0.2, -0.15) is 0 Å². The third-order valence-electron chi connectivity index (χ3n) is 4.29. The highest BCUT2D eigenvalue weighted by Gasteiger charge is 2.30. The van der Waals surface area contributed by atoms with Crippen molar-refractivity contribution < 1.29 is 14.3 Å². The molecule has 1 aromatic carbocycles. The van der Waals surface area contributed by atoms with E-state index in [1.165, 1.54) is 11.3 Å². The molecule has 1 atom stereocenters. The monoisotopic (exact) mass is 358 g/mol. The Morgan fingerprint density at radius 1 is 1.36 bits per heavy atom. The number of amides is 2. The van der Waals surface area contributed by atoms with Crippen LogP contribution in [0.4, 0.5) is 0 Å². The van der Waals surface area contributed by atoms with E-state index < -0.39 is 0 Å². The Labute approximate surface area is 151 Å². The van der Waals surface area contributed by atoms with Crippen LogP contribution in [0.1, 0.15) is 21.7 Å². The Balaban J connectivity index is 1.66. The quantitative estimate of drug-likeness (QED) is 0.864. The zero-order valence-corrected chi connectivity index (χ0v) is 15.3. The van der Waals surface area contributed by atoms with Gasteiger partial charge in [-0.1, -0.05) is 30.3 Å². The first-order chi connectivity index (χ1) is 12.1. The second-order valence-electron chi connectivity index (χ2n) is 6.20. The van der Waals surface area contributed by atoms with Gasteiger partial charge in [-0.05, 0) is 24.1 Å². The molecule has 2 amide bonds. The number of benzene rings is 1. The lowest BCUT2D eigenvalue weighted by Crippen LogP contribution is -2.37. The molecule has 0 aliphatic carbocycles. The maximum absolute atomic E-state index is 12.6. The fraction of sp³-hybridized carbons (Fsp3) is 0.368. The number of hydrogen-bond acceptors (Lipinski definition) is 4. The van der Waals surface area contributed by atoms with E-state index in [4.69, 9.17) is 4.74 Å². The van der Waals surface area contributed by atoms with E-state index in [-0.39, 0.29) is 17.9 Å². The molecule has 2 aromatic rings. The van der Waals surface area contributed by atoms with Crippen LogP contribution in [0.25, 0.3) is 10.4 Å². The van der Waals surface area contributed by atoms with Gasteiger partial charge in [0.15, 0.2) is 0 Å². The van der Waals surface area contributed by atoms with Crippen LogP contribution < -0.4 is 5.32 Å². The summed E-state index contributed by atoms with van der Waals surface area (Å²) in [6, 6.07) is 11.8. The molecule has 1 aromatic heterocycles. The number of likely N-dealkylation sites (tertiary alicyclic amines) is 1. The summed E-state index contributed by atoms with van der Waals surface area (Å²) in [7, 11) is 1.61. The molecule has 25 heavy (non-hydrogen) atoms. The summed E-state index contributed by atoms with van der Waals surface area (Å²) >= 11 is 1.49. The van der Waals surface area contributed by atoms with Crippen molar-refractivity contribution >= 4 is 23.2 Å². The standard InChI is InChI=1S/C19H22N2O3S/c1-13-10-16(25-18(13)14-6-4-3-5-7-14)19(23)20-15-11-17(22)21(12-15)8-9-24-2/h3-7,10,15H,8-9,11-12H2,1-2H3,(H,20,23). The lowest BCUT2D eigenvalue weighted by molar-refractivity contribution is -0.128. The van der Waals surface area contributed by atoms with Crippen LogP contribution in [0.2, 0.25) is 0 Å². The molecule has 1 N–H and O–H groups in total. The molecule has 3 rings (SSSR count). The van der Waals surface area contributed by atoms with Crippen LogP contribution in [0.3, 0.4) is 0 Å². The molecule has 0 bridgehead atoms. The molecule has 0 saturated carbocycles. The Kier molecular flexibility index (Phi) is 5.50. The van der Waals surface area contributed by atoms with E-state index >= 15 is 0 Å². The van der Waals surface area contributed by atoms with Gasteiger partial charge in [-0.15, -0.1) is 11.3 Å². The minimum atomic E-state index is -0.139. The van der Waals surface area contributed by atoms with Crippen molar-refractivity contribution in [3.63, 3.8) is 0 Å². The van der Waals surface area contributed by atoms with Gasteiger partial charge in [0, 0.05) is 31.5 Å². The van der Waals surface area contributed by atoms with E-state index in [9.17, 15) is 9.59 Å². The number of nitrogens with one attached hydrogen (secondary N) is 1. The second-order valence-corrected chi connectivity index (χ2v) is 7.25. The molecule has 5 nitrogen and oxygen atoms in total. The van der Waals surface area contributed by atoms with Gasteiger partial charge in [0.1, 0.15) is 0 Å². The number of methoxy groups -OCH3 is 1. The fourth-order valence-electron chi connectivity index (χ4n) is 3.01. The van der Waals surface area contributed by atoms with Crippen LogP contribution in [0, 0.1) is 6.92 Å². The van der Waals surface area contributed by atoms with Gasteiger partial charge in [-0.25, -0.2) is 0 Å². The molecule has 1 aliphatic heterocycles. The van der Waals surface area contributed by atoms with E-state index in [1.54, 1.807) is 12.0 Å². The minimum absolute atomic E-state index is 0.0645. The fourth-order valence-corrected chi connectivity index (χ4v) is 4.09. The highest BCUT2D eigenvalue weighted by molar-refractivity contribution is 7.17. The summed E-state index contributed by atoms with van der Waals surface area (Å²) in [5, 5.41) is 2.99. The maximum atomic E-state index is 12.6. The first-order valence-corrected chi connectivity index (χ1v) is 9.13. The summed E-state index contributed by atoms with van der Waals surface area (Å²) in [6.07, 6.45) is 0.353. The number of rotatable bonds is 6. The molecule has 1 unspecified atom stereocenters. The van der Waals surface area contributed by atoms with Gasteiger partial charge in [0.05, 0.1) is 17.5 Å². The van der Waals surface area contributed by atoms with E-state index in [2.05, 4.69) is 5.32 Å². The summed E-state index contributed by atoms with van der Waals surface area (Å²) in [4.78, 5) is 28.1. The van der Waals surface area contributed by atoms with E-state index in [0.717, 1.165) is 16.0 Å². The van der Waals surface area contributed by atoms with Gasteiger partial charge in [0.2, 0.25) is 5.91 Å². The van der Waals surface area contributed by atoms with Crippen molar-refractivity contribution in [2.24, 2.45) is 0 Å². The number of carbonyl (C=O) groups excluding carboxylic acids is 2. The Morgan fingerprint density at radius 2 is 2.12 bits per heavy atom. The Morgan fingerprint density at radius 3 is 2.84 bits per heavy atom. The number of ether oxygens (including phenoxy) is 1. The SMILES string of the molecule is COCCN1CC(NC(=O)c2cc(C)c(-c3ccccc3)s2)CC1=O. The topological polar surface area (TPSA) is 58.6 Å². The van der Waals surface area contributed by atoms with Crippen molar-refractivity contribution in [2.45, 2.75) is 19.4 Å². The number of nitrogens with zero attached hydrogens (tertiary/aromatic N) is 1. The molecule has 1 aliphatic rings. The smallest absolute Gasteiger partial charge is 0.261 e. The third kappa shape index (κ3) is 4.08. The zero-order valence-electron chi connectivity index (χ0n) is 14.5.